The van der Waals surface area contributed by atoms with Crippen LogP contribution in [0, 0.1) is 31.6 Å². The molecule has 3 aliphatic rings. The van der Waals surface area contributed by atoms with Crippen molar-refractivity contribution in [3.8, 4) is 0 Å². The molecular formula is C30H40N2O5S. The van der Waals surface area contributed by atoms with E-state index in [9.17, 15) is 19.5 Å². The molecule has 2 amide bonds. The molecule has 6 atom stereocenters. The van der Waals surface area contributed by atoms with Crippen LogP contribution in [0.2, 0.25) is 0 Å². The summed E-state index contributed by atoms with van der Waals surface area (Å²) in [6.07, 6.45) is 6.78. The molecule has 8 heteroatoms. The van der Waals surface area contributed by atoms with E-state index in [2.05, 4.69) is 20.1 Å². The Morgan fingerprint density at radius 2 is 1.95 bits per heavy atom. The summed E-state index contributed by atoms with van der Waals surface area (Å²) in [5.74, 6) is -1.95. The summed E-state index contributed by atoms with van der Waals surface area (Å²) in [5, 5.41) is 9.84. The first-order chi connectivity index (χ1) is 18.2. The highest BCUT2D eigenvalue weighted by Gasteiger charge is 2.76. The zero-order chi connectivity index (χ0) is 27.6. The molecule has 1 spiro atoms. The number of nitrogens with zero attached hydrogens (tertiary/aromatic N) is 2. The maximum Gasteiger partial charge on any atom is 0.310 e. The second-order valence-electron chi connectivity index (χ2n) is 10.7. The van der Waals surface area contributed by atoms with Crippen LogP contribution in [0.5, 0.6) is 0 Å². The third-order valence-electron chi connectivity index (χ3n) is 8.43. The summed E-state index contributed by atoms with van der Waals surface area (Å²) < 4.78 is 4.92. The van der Waals surface area contributed by atoms with E-state index in [1.54, 1.807) is 22.7 Å². The predicted octanol–water partition coefficient (Wildman–Crippen LogP) is 4.05. The van der Waals surface area contributed by atoms with E-state index in [1.807, 2.05) is 38.1 Å². The molecule has 7 nitrogen and oxygen atoms in total. The van der Waals surface area contributed by atoms with Gasteiger partial charge in [0.15, 0.2) is 0 Å². The highest BCUT2D eigenvalue weighted by atomic mass is 32.2. The van der Waals surface area contributed by atoms with Crippen molar-refractivity contribution in [1.82, 2.24) is 4.90 Å². The van der Waals surface area contributed by atoms with Gasteiger partial charge in [0.05, 0.1) is 29.8 Å². The van der Waals surface area contributed by atoms with Crippen molar-refractivity contribution in [2.75, 3.05) is 31.2 Å². The van der Waals surface area contributed by atoms with Crippen molar-refractivity contribution in [2.24, 2.45) is 17.8 Å². The summed E-state index contributed by atoms with van der Waals surface area (Å²) in [4.78, 5) is 45.2. The summed E-state index contributed by atoms with van der Waals surface area (Å²) in [6.45, 7) is 14.0. The van der Waals surface area contributed by atoms with Gasteiger partial charge in [0.1, 0.15) is 6.04 Å². The van der Waals surface area contributed by atoms with Gasteiger partial charge in [0.25, 0.3) is 5.91 Å². The van der Waals surface area contributed by atoms with Crippen LogP contribution in [0.15, 0.2) is 43.5 Å². The highest BCUT2D eigenvalue weighted by molar-refractivity contribution is 8.02. The Morgan fingerprint density at radius 1 is 1.24 bits per heavy atom. The van der Waals surface area contributed by atoms with E-state index in [0.717, 1.165) is 42.5 Å². The number of ether oxygens (including phenoxy) is 1. The lowest BCUT2D eigenvalue weighted by atomic mass is 9.66. The number of hydrogen-bond donors (Lipinski definition) is 1. The van der Waals surface area contributed by atoms with Crippen molar-refractivity contribution in [3.05, 3.63) is 54.6 Å². The van der Waals surface area contributed by atoms with Gasteiger partial charge in [-0.1, -0.05) is 37.3 Å². The standard InChI is InChI=1S/C30H40N2O5S/c1-6-8-9-10-17-37-29(36)23-22-18-21(5)30(38-22)24(23)27(34)32(15-16-33)26(30)28(35)31(14-7-2)25-19(3)12-11-13-20(25)4/h6-7,11-13,21-24,26,33H,1-2,8-10,14-18H2,3-5H3/t21?,22-,23+,24+,26?,30?/m1/s1. The number of anilines is 1. The Bertz CT molecular complexity index is 1090. The predicted molar refractivity (Wildman–Crippen MR) is 151 cm³/mol. The molecule has 4 rings (SSSR count). The smallest absolute Gasteiger partial charge is 0.310 e. The minimum Gasteiger partial charge on any atom is -0.465 e. The summed E-state index contributed by atoms with van der Waals surface area (Å²) in [5.41, 5.74) is 2.73. The summed E-state index contributed by atoms with van der Waals surface area (Å²) in [7, 11) is 0. The molecule has 0 saturated carbocycles. The zero-order valence-corrected chi connectivity index (χ0v) is 23.5. The monoisotopic (exact) mass is 540 g/mol. The van der Waals surface area contributed by atoms with E-state index in [1.165, 1.54) is 4.90 Å². The number of benzene rings is 1. The van der Waals surface area contributed by atoms with E-state index in [-0.39, 0.29) is 42.1 Å². The van der Waals surface area contributed by atoms with Gasteiger partial charge >= 0.3 is 5.97 Å². The highest BCUT2D eigenvalue weighted by Crippen LogP contribution is 2.68. The number of aryl methyl sites for hydroxylation is 2. The fourth-order valence-corrected chi connectivity index (χ4v) is 9.28. The van der Waals surface area contributed by atoms with Crippen LogP contribution in [0.25, 0.3) is 0 Å². The number of likely N-dealkylation sites (tertiary alicyclic amines) is 1. The Balaban J connectivity index is 1.71. The fourth-order valence-electron chi connectivity index (χ4n) is 6.87. The van der Waals surface area contributed by atoms with Crippen molar-refractivity contribution < 1.29 is 24.2 Å². The van der Waals surface area contributed by atoms with E-state index >= 15 is 0 Å². The zero-order valence-electron chi connectivity index (χ0n) is 22.7. The van der Waals surface area contributed by atoms with Crippen molar-refractivity contribution in [3.63, 3.8) is 0 Å². The molecule has 3 aliphatic heterocycles. The van der Waals surface area contributed by atoms with Gasteiger partial charge in [-0.25, -0.2) is 0 Å². The number of rotatable bonds is 12. The van der Waals surface area contributed by atoms with Gasteiger partial charge in [0, 0.05) is 24.0 Å². The molecule has 0 aliphatic carbocycles. The number of allylic oxidation sites excluding steroid dienone is 1. The number of fused-ring (bicyclic) bond motifs is 1. The van der Waals surface area contributed by atoms with Crippen LogP contribution in [0.1, 0.15) is 43.7 Å². The number of amides is 2. The van der Waals surface area contributed by atoms with Gasteiger partial charge in [-0.2, -0.15) is 0 Å². The molecule has 0 radical (unpaired) electrons. The fraction of sp³-hybridized carbons (Fsp3) is 0.567. The maximum atomic E-state index is 14.6. The van der Waals surface area contributed by atoms with Crippen LogP contribution in [-0.2, 0) is 19.1 Å². The number of carbonyl (C=O) groups is 3. The van der Waals surface area contributed by atoms with Crippen LogP contribution in [0.4, 0.5) is 5.69 Å². The molecular weight excluding hydrogens is 500 g/mol. The first kappa shape index (κ1) is 28.4. The number of aliphatic hydroxyl groups is 1. The van der Waals surface area contributed by atoms with E-state index in [0.29, 0.717) is 13.2 Å². The number of β-amino-alcohol motifs (C(OH)–C–C–N with tert-alkyl or cyclic N) is 1. The third-order valence-corrected chi connectivity index (χ3v) is 10.5. The van der Waals surface area contributed by atoms with Crippen molar-refractivity contribution in [1.29, 1.82) is 0 Å². The number of aliphatic hydroxyl groups excluding tert-OH is 1. The second-order valence-corrected chi connectivity index (χ2v) is 12.3. The average Bonchev–Trinajstić information content (AvgIpc) is 3.47. The number of thioether (sulfide) groups is 1. The molecule has 3 heterocycles. The Labute approximate surface area is 230 Å². The molecule has 3 unspecified atom stereocenters. The lowest BCUT2D eigenvalue weighted by molar-refractivity contribution is -0.154. The van der Waals surface area contributed by atoms with Gasteiger partial charge < -0.3 is 19.6 Å². The molecule has 1 N–H and O–H groups in total. The minimum atomic E-state index is -0.790. The first-order valence-electron chi connectivity index (χ1n) is 13.6. The molecule has 206 valence electrons. The van der Waals surface area contributed by atoms with E-state index in [4.69, 9.17) is 4.74 Å². The van der Waals surface area contributed by atoms with Gasteiger partial charge in [-0.15, -0.1) is 24.9 Å². The third kappa shape index (κ3) is 4.60. The van der Waals surface area contributed by atoms with Crippen molar-refractivity contribution >= 4 is 35.2 Å². The average molecular weight is 541 g/mol. The molecule has 2 bridgehead atoms. The van der Waals surface area contributed by atoms with Gasteiger partial charge in [0.2, 0.25) is 5.91 Å². The van der Waals surface area contributed by atoms with E-state index < -0.39 is 22.6 Å². The normalized spacial score (nSPS) is 29.3. The second kappa shape index (κ2) is 11.7. The molecule has 3 fully saturated rings. The van der Waals surface area contributed by atoms with Crippen LogP contribution in [-0.4, -0.2) is 70.1 Å². The molecule has 0 aromatic heterocycles. The molecule has 38 heavy (non-hydrogen) atoms. The van der Waals surface area contributed by atoms with Gasteiger partial charge in [-0.05, 0) is 56.6 Å². The largest absolute Gasteiger partial charge is 0.465 e. The Morgan fingerprint density at radius 3 is 2.58 bits per heavy atom. The molecule has 1 aromatic carbocycles. The number of carbonyl (C=O) groups excluding carboxylic acids is 3. The summed E-state index contributed by atoms with van der Waals surface area (Å²) >= 11 is 1.62. The number of unbranched alkanes of at least 4 members (excludes halogenated alkanes) is 2. The first-order valence-corrected chi connectivity index (χ1v) is 14.5. The molecule has 1 aromatic rings. The number of para-hydroxylation sites is 1. The van der Waals surface area contributed by atoms with Crippen molar-refractivity contribution in [2.45, 2.75) is 62.5 Å². The Hall–Kier alpha value is -2.58. The lowest BCUT2D eigenvalue weighted by Crippen LogP contribution is -2.57. The summed E-state index contributed by atoms with van der Waals surface area (Å²) in [6, 6.07) is 5.11. The number of hydrogen-bond acceptors (Lipinski definition) is 6. The van der Waals surface area contributed by atoms with Gasteiger partial charge in [-0.3, -0.25) is 14.4 Å². The van der Waals surface area contributed by atoms with Crippen LogP contribution < -0.4 is 4.90 Å². The minimum absolute atomic E-state index is 0.0451. The SMILES string of the molecule is C=CCCCCOC(=O)[C@@H]1[C@H]2C(=O)N(CCO)C(C(=O)N(CC=C)c3c(C)cccc3C)C23S[C@@H]1CC3C. The maximum absolute atomic E-state index is 14.6. The quantitative estimate of drug-likeness (QED) is 0.245. The Kier molecular flexibility index (Phi) is 8.72. The van der Waals surface area contributed by atoms with Crippen LogP contribution >= 0.6 is 11.8 Å². The lowest BCUT2D eigenvalue weighted by Gasteiger charge is -2.40. The topological polar surface area (TPSA) is 87.1 Å². The number of esters is 1. The molecule has 3 saturated heterocycles. The van der Waals surface area contributed by atoms with Crippen LogP contribution in [0.3, 0.4) is 0 Å².